The second-order valence-electron chi connectivity index (χ2n) is 9.60. The summed E-state index contributed by atoms with van der Waals surface area (Å²) in [4.78, 5) is 28.4. The molecular weight excluding hydrogens is 550 g/mol. The van der Waals surface area contributed by atoms with Crippen LogP contribution in [0.3, 0.4) is 0 Å². The summed E-state index contributed by atoms with van der Waals surface area (Å²) in [6.07, 6.45) is 0.737. The highest BCUT2D eigenvalue weighted by molar-refractivity contribution is 7.92. The average Bonchev–Trinajstić information content (AvgIpc) is 2.93. The van der Waals surface area contributed by atoms with Crippen molar-refractivity contribution in [2.45, 2.75) is 51.6 Å². The van der Waals surface area contributed by atoms with Gasteiger partial charge in [-0.15, -0.1) is 0 Å². The summed E-state index contributed by atoms with van der Waals surface area (Å²) in [6.45, 7) is 7.19. The van der Waals surface area contributed by atoms with E-state index >= 15 is 0 Å². The molecule has 214 valence electrons. The molecule has 2 amide bonds. The Morgan fingerprint density at radius 3 is 2.35 bits per heavy atom. The van der Waals surface area contributed by atoms with E-state index in [9.17, 15) is 18.0 Å². The molecule has 10 heteroatoms. The van der Waals surface area contributed by atoms with Gasteiger partial charge in [-0.1, -0.05) is 48.4 Å². The summed E-state index contributed by atoms with van der Waals surface area (Å²) in [5.74, 6) is -0.255. The Morgan fingerprint density at radius 1 is 1.02 bits per heavy atom. The number of carbonyl (C=O) groups is 2. The second kappa shape index (κ2) is 13.7. The number of methoxy groups -OCH3 is 1. The maximum atomic E-state index is 14.0. The fraction of sp³-hybridized carbons (Fsp3) is 0.333. The number of benzene rings is 3. The number of halogens is 1. The van der Waals surface area contributed by atoms with E-state index in [2.05, 4.69) is 5.32 Å². The Bertz CT molecular complexity index is 1440. The van der Waals surface area contributed by atoms with E-state index < -0.39 is 28.5 Å². The minimum absolute atomic E-state index is 0.0494. The molecular formula is C30H36ClN3O5S. The molecule has 0 bridgehead atoms. The minimum Gasteiger partial charge on any atom is -0.497 e. The van der Waals surface area contributed by atoms with Crippen molar-refractivity contribution in [3.8, 4) is 5.75 Å². The highest BCUT2D eigenvalue weighted by Crippen LogP contribution is 2.29. The molecule has 0 saturated carbocycles. The first-order chi connectivity index (χ1) is 19.0. The molecule has 3 aromatic rings. The zero-order chi connectivity index (χ0) is 29.4. The molecule has 0 aromatic heterocycles. The van der Waals surface area contributed by atoms with Crippen molar-refractivity contribution in [1.82, 2.24) is 10.2 Å². The molecule has 3 rings (SSSR count). The molecule has 8 nitrogen and oxygen atoms in total. The van der Waals surface area contributed by atoms with Gasteiger partial charge in [0, 0.05) is 18.1 Å². The lowest BCUT2D eigenvalue weighted by Gasteiger charge is -2.32. The Hall–Kier alpha value is -3.56. The molecule has 0 heterocycles. The topological polar surface area (TPSA) is 96.0 Å². The molecule has 0 aliphatic carbocycles. The lowest BCUT2D eigenvalue weighted by molar-refractivity contribution is -0.139. The number of anilines is 1. The van der Waals surface area contributed by atoms with Crippen LogP contribution in [0.1, 0.15) is 37.0 Å². The van der Waals surface area contributed by atoms with E-state index in [-0.39, 0.29) is 17.3 Å². The van der Waals surface area contributed by atoms with Crippen molar-refractivity contribution in [2.24, 2.45) is 0 Å². The molecule has 0 saturated heterocycles. The van der Waals surface area contributed by atoms with Crippen LogP contribution in [0.25, 0.3) is 0 Å². The molecule has 1 N–H and O–H groups in total. The van der Waals surface area contributed by atoms with Crippen LogP contribution in [-0.4, -0.2) is 51.4 Å². The van der Waals surface area contributed by atoms with E-state index in [4.69, 9.17) is 16.3 Å². The summed E-state index contributed by atoms with van der Waals surface area (Å²) in [6, 6.07) is 17.6. The molecule has 40 heavy (non-hydrogen) atoms. The van der Waals surface area contributed by atoms with Crippen molar-refractivity contribution in [3.05, 3.63) is 88.4 Å². The van der Waals surface area contributed by atoms with Crippen molar-refractivity contribution in [1.29, 1.82) is 0 Å². The summed E-state index contributed by atoms with van der Waals surface area (Å²) < 4.78 is 34.3. The SMILES string of the molecule is CCCNC(=O)C(C)N(Cc1cccc(OC)c1)C(=O)CN(c1ccc(Cl)cc1C)S(=O)(=O)c1ccc(C)cc1. The van der Waals surface area contributed by atoms with Crippen LogP contribution in [0.4, 0.5) is 5.69 Å². The zero-order valence-corrected chi connectivity index (χ0v) is 25.1. The quantitative estimate of drug-likeness (QED) is 0.319. The van der Waals surface area contributed by atoms with Gasteiger partial charge in [0.25, 0.3) is 10.0 Å². The average molecular weight is 586 g/mol. The number of ether oxygens (including phenoxy) is 1. The van der Waals surface area contributed by atoms with E-state index in [0.717, 1.165) is 21.9 Å². The van der Waals surface area contributed by atoms with Crippen LogP contribution in [0.5, 0.6) is 5.75 Å². The van der Waals surface area contributed by atoms with E-state index in [1.54, 1.807) is 69.5 Å². The van der Waals surface area contributed by atoms with Crippen molar-refractivity contribution in [3.63, 3.8) is 0 Å². The summed E-state index contributed by atoms with van der Waals surface area (Å²) in [7, 11) is -2.61. The van der Waals surface area contributed by atoms with Gasteiger partial charge in [-0.05, 0) is 80.8 Å². The number of sulfonamides is 1. The van der Waals surface area contributed by atoms with Gasteiger partial charge < -0.3 is 15.0 Å². The van der Waals surface area contributed by atoms with Crippen LogP contribution in [0, 0.1) is 13.8 Å². The highest BCUT2D eigenvalue weighted by Gasteiger charge is 2.33. The molecule has 0 spiro atoms. The van der Waals surface area contributed by atoms with Gasteiger partial charge in [-0.25, -0.2) is 8.42 Å². The molecule has 0 aliphatic rings. The highest BCUT2D eigenvalue weighted by atomic mass is 35.5. The number of hydrogen-bond acceptors (Lipinski definition) is 5. The van der Waals surface area contributed by atoms with Crippen LogP contribution in [0.15, 0.2) is 71.6 Å². The van der Waals surface area contributed by atoms with Crippen LogP contribution in [0.2, 0.25) is 5.02 Å². The van der Waals surface area contributed by atoms with Crippen LogP contribution in [-0.2, 0) is 26.2 Å². The van der Waals surface area contributed by atoms with E-state index in [0.29, 0.717) is 28.6 Å². The first-order valence-electron chi connectivity index (χ1n) is 13.0. The standard InChI is InChI=1S/C30H36ClN3O5S/c1-6-16-32-30(36)23(4)33(19-24-8-7-9-26(18-24)39-5)29(35)20-34(28-15-12-25(31)17-22(28)3)40(37,38)27-13-10-21(2)11-14-27/h7-15,17-18,23H,6,16,19-20H2,1-5H3,(H,32,36). The predicted octanol–water partition coefficient (Wildman–Crippen LogP) is 5.10. The first-order valence-corrected chi connectivity index (χ1v) is 14.9. The molecule has 0 fully saturated rings. The first kappa shape index (κ1) is 31.0. The Labute approximate surface area is 241 Å². The lowest BCUT2D eigenvalue weighted by atomic mass is 10.1. The van der Waals surface area contributed by atoms with Crippen molar-refractivity contribution < 1.29 is 22.7 Å². The number of nitrogens with zero attached hydrogens (tertiary/aromatic N) is 2. The lowest BCUT2D eigenvalue weighted by Crippen LogP contribution is -2.51. The van der Waals surface area contributed by atoms with Crippen molar-refractivity contribution >= 4 is 39.1 Å². The van der Waals surface area contributed by atoms with Crippen LogP contribution >= 0.6 is 11.6 Å². The maximum absolute atomic E-state index is 14.0. The smallest absolute Gasteiger partial charge is 0.264 e. The third-order valence-corrected chi connectivity index (χ3v) is 8.53. The Kier molecular flexibility index (Phi) is 10.6. The van der Waals surface area contributed by atoms with Gasteiger partial charge in [0.1, 0.15) is 18.3 Å². The molecule has 1 unspecified atom stereocenters. The fourth-order valence-electron chi connectivity index (χ4n) is 4.20. The predicted molar refractivity (Wildman–Crippen MR) is 158 cm³/mol. The second-order valence-corrected chi connectivity index (χ2v) is 11.9. The third-order valence-electron chi connectivity index (χ3n) is 6.52. The molecule has 0 aliphatic heterocycles. The Morgan fingerprint density at radius 2 is 1.73 bits per heavy atom. The number of nitrogens with one attached hydrogen (secondary N) is 1. The number of hydrogen-bond donors (Lipinski definition) is 1. The van der Waals surface area contributed by atoms with Gasteiger partial charge in [0.2, 0.25) is 11.8 Å². The number of aryl methyl sites for hydroxylation is 2. The largest absolute Gasteiger partial charge is 0.497 e. The maximum Gasteiger partial charge on any atom is 0.264 e. The fourth-order valence-corrected chi connectivity index (χ4v) is 5.90. The number of amides is 2. The zero-order valence-electron chi connectivity index (χ0n) is 23.5. The minimum atomic E-state index is -4.16. The third kappa shape index (κ3) is 7.55. The van der Waals surface area contributed by atoms with Gasteiger partial charge >= 0.3 is 0 Å². The van der Waals surface area contributed by atoms with Gasteiger partial charge in [-0.3, -0.25) is 13.9 Å². The monoisotopic (exact) mass is 585 g/mol. The summed E-state index contributed by atoms with van der Waals surface area (Å²) in [5.41, 5.74) is 2.55. The van der Waals surface area contributed by atoms with E-state index in [1.807, 2.05) is 19.9 Å². The molecule has 1 atom stereocenters. The van der Waals surface area contributed by atoms with E-state index in [1.165, 1.54) is 17.0 Å². The number of carbonyl (C=O) groups excluding carboxylic acids is 2. The van der Waals surface area contributed by atoms with Gasteiger partial charge in [0.05, 0.1) is 17.7 Å². The number of rotatable bonds is 12. The molecule has 0 radical (unpaired) electrons. The Balaban J connectivity index is 2.06. The summed E-state index contributed by atoms with van der Waals surface area (Å²) >= 11 is 6.16. The van der Waals surface area contributed by atoms with Gasteiger partial charge in [-0.2, -0.15) is 0 Å². The molecule has 3 aromatic carbocycles. The summed E-state index contributed by atoms with van der Waals surface area (Å²) in [5, 5.41) is 3.28. The van der Waals surface area contributed by atoms with Gasteiger partial charge in [0.15, 0.2) is 0 Å². The van der Waals surface area contributed by atoms with Crippen LogP contribution < -0.4 is 14.4 Å². The normalized spacial score (nSPS) is 11.9. The van der Waals surface area contributed by atoms with Crippen molar-refractivity contribution in [2.75, 3.05) is 24.5 Å².